The molecule has 1 heterocycles. The van der Waals surface area contributed by atoms with Gasteiger partial charge in [0.05, 0.1) is 11.5 Å². The van der Waals surface area contributed by atoms with Crippen LogP contribution in [0.5, 0.6) is 0 Å². The number of hydrogen-bond donors (Lipinski definition) is 1. The predicted molar refractivity (Wildman–Crippen MR) is 54.4 cm³/mol. The normalized spacial score (nSPS) is 25.4. The van der Waals surface area contributed by atoms with Crippen molar-refractivity contribution in [2.75, 3.05) is 6.61 Å². The molecule has 0 amide bonds. The first kappa shape index (κ1) is 10.1. The number of nitro groups is 1. The molecular weight excluding hydrogens is 196 g/mol. The SMILES string of the molecule is C[C@H]1CO[C@@H](c2ccc([N+](=O)[O-])cc2)N1. The van der Waals surface area contributed by atoms with Crippen molar-refractivity contribution in [1.29, 1.82) is 0 Å². The van der Waals surface area contributed by atoms with Crippen LogP contribution in [-0.2, 0) is 4.74 Å². The molecule has 0 bridgehead atoms. The minimum Gasteiger partial charge on any atom is -0.357 e. The molecule has 1 saturated heterocycles. The summed E-state index contributed by atoms with van der Waals surface area (Å²) >= 11 is 0. The van der Waals surface area contributed by atoms with E-state index in [1.807, 2.05) is 6.92 Å². The molecule has 0 radical (unpaired) electrons. The molecule has 0 spiro atoms. The number of benzene rings is 1. The molecule has 0 aliphatic carbocycles. The van der Waals surface area contributed by atoms with Crippen LogP contribution in [-0.4, -0.2) is 17.6 Å². The third-order valence-electron chi connectivity index (χ3n) is 2.36. The van der Waals surface area contributed by atoms with Gasteiger partial charge in [0.1, 0.15) is 6.23 Å². The van der Waals surface area contributed by atoms with Crippen LogP contribution < -0.4 is 5.32 Å². The van der Waals surface area contributed by atoms with E-state index in [0.29, 0.717) is 12.6 Å². The fourth-order valence-corrected chi connectivity index (χ4v) is 1.56. The zero-order valence-electron chi connectivity index (χ0n) is 8.34. The highest BCUT2D eigenvalue weighted by molar-refractivity contribution is 5.33. The van der Waals surface area contributed by atoms with Crippen molar-refractivity contribution in [3.05, 3.63) is 39.9 Å². The van der Waals surface area contributed by atoms with Crippen molar-refractivity contribution in [3.63, 3.8) is 0 Å². The summed E-state index contributed by atoms with van der Waals surface area (Å²) in [4.78, 5) is 10.0. The molecule has 2 atom stereocenters. The molecule has 0 saturated carbocycles. The lowest BCUT2D eigenvalue weighted by atomic mass is 10.2. The number of hydrogen-bond acceptors (Lipinski definition) is 4. The highest BCUT2D eigenvalue weighted by Crippen LogP contribution is 2.22. The van der Waals surface area contributed by atoms with Crippen molar-refractivity contribution in [2.24, 2.45) is 0 Å². The molecule has 2 rings (SSSR count). The van der Waals surface area contributed by atoms with Crippen LogP contribution in [0, 0.1) is 10.1 Å². The van der Waals surface area contributed by atoms with Gasteiger partial charge in [0.2, 0.25) is 0 Å². The molecular formula is C10H12N2O3. The predicted octanol–water partition coefficient (Wildman–Crippen LogP) is 1.60. The smallest absolute Gasteiger partial charge is 0.269 e. The van der Waals surface area contributed by atoms with Gasteiger partial charge in [-0.15, -0.1) is 0 Å². The van der Waals surface area contributed by atoms with Crippen molar-refractivity contribution in [1.82, 2.24) is 5.32 Å². The van der Waals surface area contributed by atoms with Crippen molar-refractivity contribution in [2.45, 2.75) is 19.2 Å². The highest BCUT2D eigenvalue weighted by atomic mass is 16.6. The molecule has 15 heavy (non-hydrogen) atoms. The summed E-state index contributed by atoms with van der Waals surface area (Å²) in [5.41, 5.74) is 1.02. The van der Waals surface area contributed by atoms with E-state index < -0.39 is 4.92 Å². The Bertz CT molecular complexity index is 363. The van der Waals surface area contributed by atoms with Crippen LogP contribution >= 0.6 is 0 Å². The van der Waals surface area contributed by atoms with Crippen molar-refractivity contribution in [3.8, 4) is 0 Å². The van der Waals surface area contributed by atoms with Crippen LogP contribution in [0.1, 0.15) is 18.7 Å². The second-order valence-corrected chi connectivity index (χ2v) is 3.63. The summed E-state index contributed by atoms with van der Waals surface area (Å²) in [5, 5.41) is 13.7. The number of rotatable bonds is 2. The molecule has 1 aliphatic rings. The molecule has 1 N–H and O–H groups in total. The second kappa shape index (κ2) is 3.96. The molecule has 1 aromatic carbocycles. The Morgan fingerprint density at radius 1 is 1.47 bits per heavy atom. The Kier molecular flexibility index (Phi) is 2.66. The number of nitrogens with zero attached hydrogens (tertiary/aromatic N) is 1. The fraction of sp³-hybridized carbons (Fsp3) is 0.400. The fourth-order valence-electron chi connectivity index (χ4n) is 1.56. The lowest BCUT2D eigenvalue weighted by Crippen LogP contribution is -2.22. The Hall–Kier alpha value is -1.46. The zero-order chi connectivity index (χ0) is 10.8. The summed E-state index contributed by atoms with van der Waals surface area (Å²) in [7, 11) is 0. The van der Waals surface area contributed by atoms with E-state index in [-0.39, 0.29) is 11.9 Å². The first-order valence-corrected chi connectivity index (χ1v) is 4.79. The van der Waals surface area contributed by atoms with E-state index in [2.05, 4.69) is 5.32 Å². The van der Waals surface area contributed by atoms with Gasteiger partial charge in [-0.1, -0.05) is 0 Å². The first-order chi connectivity index (χ1) is 7.16. The van der Waals surface area contributed by atoms with Gasteiger partial charge in [0, 0.05) is 18.2 Å². The maximum Gasteiger partial charge on any atom is 0.269 e. The van der Waals surface area contributed by atoms with Crippen LogP contribution in [0.25, 0.3) is 0 Å². The lowest BCUT2D eigenvalue weighted by molar-refractivity contribution is -0.384. The summed E-state index contributed by atoms with van der Waals surface area (Å²) in [6, 6.07) is 6.74. The number of nitro benzene ring substituents is 1. The molecule has 5 nitrogen and oxygen atoms in total. The Balaban J connectivity index is 2.13. The average molecular weight is 208 g/mol. The largest absolute Gasteiger partial charge is 0.357 e. The van der Waals surface area contributed by atoms with E-state index in [9.17, 15) is 10.1 Å². The minimum absolute atomic E-state index is 0.102. The van der Waals surface area contributed by atoms with Gasteiger partial charge >= 0.3 is 0 Å². The summed E-state index contributed by atoms with van der Waals surface area (Å²) in [6.45, 7) is 2.70. The van der Waals surface area contributed by atoms with Gasteiger partial charge in [0.15, 0.2) is 0 Å². The van der Waals surface area contributed by atoms with E-state index in [4.69, 9.17) is 4.74 Å². The quantitative estimate of drug-likeness (QED) is 0.592. The van der Waals surface area contributed by atoms with Gasteiger partial charge in [-0.2, -0.15) is 0 Å². The van der Waals surface area contributed by atoms with Crippen LogP contribution in [0.3, 0.4) is 0 Å². The first-order valence-electron chi connectivity index (χ1n) is 4.79. The number of nitrogens with one attached hydrogen (secondary N) is 1. The summed E-state index contributed by atoms with van der Waals surface area (Å²) < 4.78 is 5.47. The van der Waals surface area contributed by atoms with Crippen molar-refractivity contribution >= 4 is 5.69 Å². The molecule has 80 valence electrons. The highest BCUT2D eigenvalue weighted by Gasteiger charge is 2.22. The molecule has 1 aliphatic heterocycles. The van der Waals surface area contributed by atoms with Crippen LogP contribution in [0.4, 0.5) is 5.69 Å². The molecule has 0 aromatic heterocycles. The third kappa shape index (κ3) is 2.14. The molecule has 0 unspecified atom stereocenters. The van der Waals surface area contributed by atoms with E-state index in [0.717, 1.165) is 5.56 Å². The maximum absolute atomic E-state index is 10.4. The second-order valence-electron chi connectivity index (χ2n) is 3.63. The zero-order valence-corrected chi connectivity index (χ0v) is 8.34. The van der Waals surface area contributed by atoms with E-state index >= 15 is 0 Å². The number of non-ortho nitro benzene ring substituents is 1. The van der Waals surface area contributed by atoms with Crippen LogP contribution in [0.15, 0.2) is 24.3 Å². The maximum atomic E-state index is 10.4. The monoisotopic (exact) mass is 208 g/mol. The van der Waals surface area contributed by atoms with Gasteiger partial charge in [-0.25, -0.2) is 0 Å². The van der Waals surface area contributed by atoms with Gasteiger partial charge < -0.3 is 4.74 Å². The Morgan fingerprint density at radius 3 is 2.60 bits per heavy atom. The van der Waals surface area contributed by atoms with Gasteiger partial charge in [-0.05, 0) is 24.6 Å². The van der Waals surface area contributed by atoms with Gasteiger partial charge in [0.25, 0.3) is 5.69 Å². The van der Waals surface area contributed by atoms with E-state index in [1.165, 1.54) is 12.1 Å². The van der Waals surface area contributed by atoms with Crippen LogP contribution in [0.2, 0.25) is 0 Å². The lowest BCUT2D eigenvalue weighted by Gasteiger charge is -2.10. The number of ether oxygens (including phenoxy) is 1. The minimum atomic E-state index is -0.407. The summed E-state index contributed by atoms with van der Waals surface area (Å²) in [5.74, 6) is 0. The molecule has 1 fully saturated rings. The molecule has 1 aromatic rings. The topological polar surface area (TPSA) is 64.4 Å². The summed E-state index contributed by atoms with van der Waals surface area (Å²) in [6.07, 6.45) is -0.138. The molecule has 5 heteroatoms. The Morgan fingerprint density at radius 2 is 2.13 bits per heavy atom. The van der Waals surface area contributed by atoms with Gasteiger partial charge in [-0.3, -0.25) is 15.4 Å². The Labute approximate surface area is 87.2 Å². The van der Waals surface area contributed by atoms with Crippen molar-refractivity contribution < 1.29 is 9.66 Å². The third-order valence-corrected chi connectivity index (χ3v) is 2.36. The average Bonchev–Trinajstić information content (AvgIpc) is 2.65. The van der Waals surface area contributed by atoms with E-state index in [1.54, 1.807) is 12.1 Å². The standard InChI is InChI=1S/C10H12N2O3/c1-7-6-15-10(11-7)8-2-4-9(5-3-8)12(13)14/h2-5,7,10-11H,6H2,1H3/t7-,10-/m0/s1.